The molecule has 0 aromatic heterocycles. The minimum Gasteiger partial charge on any atom is -0.423 e. The van der Waals surface area contributed by atoms with Crippen LogP contribution in [0.4, 0.5) is 0 Å². The Labute approximate surface area is 369 Å². The Balaban J connectivity index is 1.04. The zero-order chi connectivity index (χ0) is 44.4. The van der Waals surface area contributed by atoms with Crippen LogP contribution in [0.1, 0.15) is 43.0 Å². The van der Waals surface area contributed by atoms with E-state index in [0.717, 1.165) is 67.1 Å². The van der Waals surface area contributed by atoms with Gasteiger partial charge in [0, 0.05) is 12.2 Å². The van der Waals surface area contributed by atoms with Crippen LogP contribution in [0.5, 0.6) is 23.0 Å². The van der Waals surface area contributed by atoms with Gasteiger partial charge in [-0.05, 0) is 128 Å². The largest absolute Gasteiger partial charge is 0.423 e. The minimum atomic E-state index is -0.588. The molecule has 8 rings (SSSR count). The molecule has 0 spiro atoms. The summed E-state index contributed by atoms with van der Waals surface area (Å²) < 4.78 is 21.4. The van der Waals surface area contributed by atoms with Gasteiger partial charge in [-0.15, -0.1) is 0 Å². The van der Waals surface area contributed by atoms with Crippen LogP contribution >= 0.6 is 0 Å². The molecule has 0 amide bonds. The van der Waals surface area contributed by atoms with Gasteiger partial charge < -0.3 is 18.9 Å². The van der Waals surface area contributed by atoms with E-state index in [1.807, 2.05) is 48.6 Å². The summed E-state index contributed by atoms with van der Waals surface area (Å²) >= 11 is 0. The quantitative estimate of drug-likeness (QED) is 0.0489. The van der Waals surface area contributed by atoms with Gasteiger partial charge in [-0.2, -0.15) is 0 Å². The lowest BCUT2D eigenvalue weighted by Crippen LogP contribution is -2.09. The fraction of sp³-hybridized carbons (Fsp3) is 0. The van der Waals surface area contributed by atoms with Gasteiger partial charge in [-0.1, -0.05) is 135 Å². The van der Waals surface area contributed by atoms with E-state index in [4.69, 9.17) is 18.9 Å². The Bertz CT molecular complexity index is 2910. The summed E-state index contributed by atoms with van der Waals surface area (Å²) in [5, 5.41) is 4.41. The summed E-state index contributed by atoms with van der Waals surface area (Å²) in [7, 11) is 0. The first-order valence-corrected chi connectivity index (χ1v) is 20.2. The van der Waals surface area contributed by atoms with Crippen molar-refractivity contribution < 1.29 is 38.1 Å². The summed E-state index contributed by atoms with van der Waals surface area (Å²) in [4.78, 5) is 48.7. The third-order valence-corrected chi connectivity index (χ3v) is 10.2. The van der Waals surface area contributed by atoms with Crippen molar-refractivity contribution in [3.05, 3.63) is 229 Å². The third-order valence-electron chi connectivity index (χ3n) is 10.2. The molecule has 8 aromatic carbocycles. The highest BCUT2D eigenvalue weighted by Crippen LogP contribution is 2.41. The van der Waals surface area contributed by atoms with Gasteiger partial charge in [0.25, 0.3) is 0 Å². The molecule has 0 heterocycles. The van der Waals surface area contributed by atoms with Gasteiger partial charge in [0.05, 0.1) is 11.1 Å². The Morgan fingerprint density at radius 1 is 0.359 bits per heavy atom. The molecule has 0 saturated carbocycles. The van der Waals surface area contributed by atoms with Gasteiger partial charge in [0.15, 0.2) is 0 Å². The van der Waals surface area contributed by atoms with E-state index in [1.165, 1.54) is 48.5 Å². The Kier molecular flexibility index (Phi) is 12.6. The fourth-order valence-corrected chi connectivity index (χ4v) is 7.04. The molecule has 0 bridgehead atoms. The maximum Gasteiger partial charge on any atom is 0.343 e. The van der Waals surface area contributed by atoms with E-state index < -0.39 is 23.9 Å². The highest BCUT2D eigenvalue weighted by Gasteiger charge is 2.16. The first-order valence-electron chi connectivity index (χ1n) is 20.2. The van der Waals surface area contributed by atoms with Crippen molar-refractivity contribution in [2.24, 2.45) is 0 Å². The summed E-state index contributed by atoms with van der Waals surface area (Å²) in [6, 6.07) is 51.9. The zero-order valence-corrected chi connectivity index (χ0v) is 34.3. The number of benzene rings is 8. The number of hydrogen-bond donors (Lipinski definition) is 0. The molecule has 0 radical (unpaired) electrons. The van der Waals surface area contributed by atoms with Crippen LogP contribution < -0.4 is 18.9 Å². The van der Waals surface area contributed by atoms with E-state index in [0.29, 0.717) is 34.1 Å². The Morgan fingerprint density at radius 2 is 0.703 bits per heavy atom. The highest BCUT2D eigenvalue weighted by atomic mass is 16.5. The molecule has 0 unspecified atom stereocenters. The van der Waals surface area contributed by atoms with Crippen molar-refractivity contribution >= 4 is 69.7 Å². The van der Waals surface area contributed by atoms with Crippen LogP contribution in [-0.4, -0.2) is 23.9 Å². The molecule has 0 atom stereocenters. The van der Waals surface area contributed by atoms with Gasteiger partial charge in [0.1, 0.15) is 23.0 Å². The standard InChI is InChI=1S/C56H38O8/c1-3-51(57)61-45-33-25-43(26-34-45)55(59)63-47-29-15-37(16-30-47)13-19-41-23-21-39-9-5-7-11-49(39)53(41)54-42(24-22-40-10-6-8-12-50(40)54)20-14-38-17-31-48(32-18-38)64-56(60)44-27-35-46(36-28-44)62-52(58)4-2/h3-36H,1-2H2/b19-13+,20-14+. The summed E-state index contributed by atoms with van der Waals surface area (Å²) in [6.45, 7) is 6.77. The average Bonchev–Trinajstić information content (AvgIpc) is 3.33. The SMILES string of the molecule is C=CC(=O)Oc1ccc(C(=O)Oc2ccc(/C=C/c3ccc4ccccc4c3-c3c(/C=C/c4ccc(OC(=O)c5ccc(OC(=O)C=C)cc5)cc4)ccc4ccccc34)cc2)cc1. The monoisotopic (exact) mass is 838 g/mol. The second-order valence-electron chi connectivity index (χ2n) is 14.4. The zero-order valence-electron chi connectivity index (χ0n) is 34.3. The summed E-state index contributed by atoms with van der Waals surface area (Å²) in [5.41, 5.74) is 6.62. The molecule has 310 valence electrons. The van der Waals surface area contributed by atoms with E-state index >= 15 is 0 Å². The lowest BCUT2D eigenvalue weighted by Gasteiger charge is -2.17. The van der Waals surface area contributed by atoms with Crippen molar-refractivity contribution in [1.29, 1.82) is 0 Å². The number of fused-ring (bicyclic) bond motifs is 2. The normalized spacial score (nSPS) is 11.1. The van der Waals surface area contributed by atoms with E-state index in [2.05, 4.69) is 86.0 Å². The second kappa shape index (κ2) is 19.2. The summed E-state index contributed by atoms with van der Waals surface area (Å²) in [6.07, 6.45) is 10.4. The number of ether oxygens (including phenoxy) is 4. The van der Waals surface area contributed by atoms with Crippen LogP contribution in [0.2, 0.25) is 0 Å². The molecule has 0 saturated heterocycles. The van der Waals surface area contributed by atoms with Crippen LogP contribution in [0.15, 0.2) is 195 Å². The van der Waals surface area contributed by atoms with Crippen LogP contribution in [-0.2, 0) is 9.59 Å². The van der Waals surface area contributed by atoms with E-state index in [9.17, 15) is 19.2 Å². The van der Waals surface area contributed by atoms with Crippen LogP contribution in [0, 0.1) is 0 Å². The van der Waals surface area contributed by atoms with Crippen molar-refractivity contribution in [3.63, 3.8) is 0 Å². The van der Waals surface area contributed by atoms with E-state index in [1.54, 1.807) is 24.3 Å². The molecule has 0 aliphatic carbocycles. The lowest BCUT2D eigenvalue weighted by molar-refractivity contribution is -0.129. The molecule has 0 aliphatic rings. The van der Waals surface area contributed by atoms with Gasteiger partial charge >= 0.3 is 23.9 Å². The first-order chi connectivity index (χ1) is 31.2. The number of hydrogen-bond acceptors (Lipinski definition) is 8. The number of carbonyl (C=O) groups is 4. The fourth-order valence-electron chi connectivity index (χ4n) is 7.04. The summed E-state index contributed by atoms with van der Waals surface area (Å²) in [5.74, 6) is -0.903. The maximum atomic E-state index is 12.9. The number of carbonyl (C=O) groups excluding carboxylic acids is 4. The molecule has 8 nitrogen and oxygen atoms in total. The lowest BCUT2D eigenvalue weighted by atomic mass is 9.86. The molecule has 0 fully saturated rings. The Hall–Kier alpha value is -8.88. The van der Waals surface area contributed by atoms with E-state index in [-0.39, 0.29) is 0 Å². The number of rotatable bonds is 13. The molecular formula is C56H38O8. The molecule has 0 aliphatic heterocycles. The number of esters is 4. The van der Waals surface area contributed by atoms with Crippen LogP contribution in [0.3, 0.4) is 0 Å². The molecule has 8 aromatic rings. The first kappa shape index (κ1) is 41.8. The maximum absolute atomic E-state index is 12.9. The van der Waals surface area contributed by atoms with Gasteiger partial charge in [-0.3, -0.25) is 0 Å². The molecular weight excluding hydrogens is 801 g/mol. The molecule has 64 heavy (non-hydrogen) atoms. The molecule has 0 N–H and O–H groups in total. The van der Waals surface area contributed by atoms with Crippen molar-refractivity contribution in [1.82, 2.24) is 0 Å². The minimum absolute atomic E-state index is 0.295. The van der Waals surface area contributed by atoms with Gasteiger partial charge in [-0.25, -0.2) is 19.2 Å². The van der Waals surface area contributed by atoms with Gasteiger partial charge in [0.2, 0.25) is 0 Å². The van der Waals surface area contributed by atoms with Crippen molar-refractivity contribution in [2.75, 3.05) is 0 Å². The highest BCUT2D eigenvalue weighted by molar-refractivity contribution is 6.11. The predicted octanol–water partition coefficient (Wildman–Crippen LogP) is 12.6. The smallest absolute Gasteiger partial charge is 0.343 e. The topological polar surface area (TPSA) is 105 Å². The third kappa shape index (κ3) is 9.84. The second-order valence-corrected chi connectivity index (χ2v) is 14.4. The Morgan fingerprint density at radius 3 is 1.08 bits per heavy atom. The predicted molar refractivity (Wildman–Crippen MR) is 252 cm³/mol. The average molecular weight is 839 g/mol. The molecule has 8 heteroatoms. The van der Waals surface area contributed by atoms with Crippen molar-refractivity contribution in [3.8, 4) is 34.1 Å². The van der Waals surface area contributed by atoms with Crippen LogP contribution in [0.25, 0.3) is 57.0 Å². The van der Waals surface area contributed by atoms with Crippen molar-refractivity contribution in [2.45, 2.75) is 0 Å².